The van der Waals surface area contributed by atoms with E-state index in [4.69, 9.17) is 9.47 Å². The molecule has 4 rings (SSSR count). The second kappa shape index (κ2) is 5.64. The van der Waals surface area contributed by atoms with E-state index in [-0.39, 0.29) is 6.10 Å². The lowest BCUT2D eigenvalue weighted by molar-refractivity contribution is 0.158. The van der Waals surface area contributed by atoms with Crippen LogP contribution >= 0.6 is 11.3 Å². The highest BCUT2D eigenvalue weighted by molar-refractivity contribution is 7.17. The molecule has 116 valence electrons. The number of rotatable bonds is 3. The maximum atomic E-state index is 9.81. The molecule has 6 heteroatoms. The van der Waals surface area contributed by atoms with Crippen LogP contribution in [0.2, 0.25) is 0 Å². The first-order chi connectivity index (χ1) is 11.2. The van der Waals surface area contributed by atoms with Gasteiger partial charge in [0.15, 0.2) is 0 Å². The maximum Gasteiger partial charge on any atom is 0.240 e. The number of nitrogens with zero attached hydrogens (tertiary/aromatic N) is 2. The Morgan fingerprint density at radius 1 is 1.26 bits per heavy atom. The molecule has 0 amide bonds. The van der Waals surface area contributed by atoms with E-state index in [1.54, 1.807) is 0 Å². The molecule has 2 atom stereocenters. The Kier molecular flexibility index (Phi) is 3.48. The SMILES string of the molecule is C=C1OC(c2csc3c(Oc4ccccc4)ncnc23)C[C@@H]1O. The fourth-order valence-electron chi connectivity index (χ4n) is 2.58. The summed E-state index contributed by atoms with van der Waals surface area (Å²) < 4.78 is 12.4. The third-order valence-electron chi connectivity index (χ3n) is 3.76. The summed E-state index contributed by atoms with van der Waals surface area (Å²) in [4.78, 5) is 8.61. The fraction of sp³-hybridized carbons (Fsp3) is 0.176. The molecule has 3 aromatic rings. The lowest BCUT2D eigenvalue weighted by Gasteiger charge is -2.09. The van der Waals surface area contributed by atoms with Crippen molar-refractivity contribution >= 4 is 21.6 Å². The molecule has 1 aromatic carbocycles. The summed E-state index contributed by atoms with van der Waals surface area (Å²) in [6, 6.07) is 9.51. The zero-order valence-electron chi connectivity index (χ0n) is 12.2. The van der Waals surface area contributed by atoms with E-state index in [9.17, 15) is 5.11 Å². The van der Waals surface area contributed by atoms with Crippen LogP contribution in [0.1, 0.15) is 18.1 Å². The molecular weight excluding hydrogens is 312 g/mol. The minimum Gasteiger partial charge on any atom is -0.488 e. The topological polar surface area (TPSA) is 64.5 Å². The van der Waals surface area contributed by atoms with Crippen LogP contribution in [-0.4, -0.2) is 21.2 Å². The number of aliphatic hydroxyl groups is 1. The predicted octanol–water partition coefficient (Wildman–Crippen LogP) is 3.82. The highest BCUT2D eigenvalue weighted by Crippen LogP contribution is 2.41. The average molecular weight is 326 g/mol. The Hall–Kier alpha value is -2.44. The molecule has 0 bridgehead atoms. The standard InChI is InChI=1S/C17H14N2O3S/c1-10-13(20)7-14(21-10)12-8-23-16-15(12)18-9-19-17(16)22-11-5-3-2-4-6-11/h2-6,8-9,13-14,20H,1,7H2/t13-,14?/m0/s1. The van der Waals surface area contributed by atoms with E-state index < -0.39 is 6.10 Å². The summed E-state index contributed by atoms with van der Waals surface area (Å²) in [5.41, 5.74) is 1.73. The summed E-state index contributed by atoms with van der Waals surface area (Å²) in [6.07, 6.45) is 1.11. The highest BCUT2D eigenvalue weighted by Gasteiger charge is 2.31. The van der Waals surface area contributed by atoms with Crippen molar-refractivity contribution in [3.8, 4) is 11.6 Å². The Morgan fingerprint density at radius 2 is 2.09 bits per heavy atom. The number of benzene rings is 1. The first kappa shape index (κ1) is 14.2. The Bertz CT molecular complexity index is 863. The quantitative estimate of drug-likeness (QED) is 0.792. The van der Waals surface area contributed by atoms with Crippen molar-refractivity contribution in [1.29, 1.82) is 0 Å². The van der Waals surface area contributed by atoms with Gasteiger partial charge in [-0.3, -0.25) is 0 Å². The van der Waals surface area contributed by atoms with Gasteiger partial charge in [0.05, 0.1) is 5.52 Å². The largest absolute Gasteiger partial charge is 0.488 e. The summed E-state index contributed by atoms with van der Waals surface area (Å²) in [5.74, 6) is 1.65. The zero-order valence-corrected chi connectivity index (χ0v) is 13.0. The Morgan fingerprint density at radius 3 is 2.83 bits per heavy atom. The third kappa shape index (κ3) is 2.56. The molecule has 23 heavy (non-hydrogen) atoms. The molecule has 1 unspecified atom stereocenters. The molecule has 1 N–H and O–H groups in total. The van der Waals surface area contributed by atoms with Crippen molar-refractivity contribution < 1.29 is 14.6 Å². The van der Waals surface area contributed by atoms with Gasteiger partial charge < -0.3 is 14.6 Å². The van der Waals surface area contributed by atoms with E-state index in [2.05, 4.69) is 16.5 Å². The number of para-hydroxylation sites is 1. The molecule has 1 fully saturated rings. The third-order valence-corrected chi connectivity index (χ3v) is 4.73. The van der Waals surface area contributed by atoms with Gasteiger partial charge in [0.25, 0.3) is 0 Å². The second-order valence-electron chi connectivity index (χ2n) is 5.29. The van der Waals surface area contributed by atoms with Crippen molar-refractivity contribution in [3.05, 3.63) is 59.9 Å². The van der Waals surface area contributed by atoms with Gasteiger partial charge in [-0.05, 0) is 12.1 Å². The fourth-order valence-corrected chi connectivity index (χ4v) is 3.57. The minimum absolute atomic E-state index is 0.231. The van der Waals surface area contributed by atoms with E-state index in [1.165, 1.54) is 17.7 Å². The molecular formula is C17H14N2O3S. The maximum absolute atomic E-state index is 9.81. The van der Waals surface area contributed by atoms with Crippen LogP contribution in [-0.2, 0) is 4.74 Å². The summed E-state index contributed by atoms with van der Waals surface area (Å²) in [7, 11) is 0. The monoisotopic (exact) mass is 326 g/mol. The highest BCUT2D eigenvalue weighted by atomic mass is 32.1. The summed E-state index contributed by atoms with van der Waals surface area (Å²) in [5, 5.41) is 11.8. The van der Waals surface area contributed by atoms with Crippen molar-refractivity contribution in [2.45, 2.75) is 18.6 Å². The molecule has 0 radical (unpaired) electrons. The lowest BCUT2D eigenvalue weighted by Crippen LogP contribution is -2.01. The molecule has 0 aliphatic carbocycles. The van der Waals surface area contributed by atoms with E-state index in [1.807, 2.05) is 35.7 Å². The summed E-state index contributed by atoms with van der Waals surface area (Å²) >= 11 is 1.51. The van der Waals surface area contributed by atoms with Crippen molar-refractivity contribution in [2.24, 2.45) is 0 Å². The van der Waals surface area contributed by atoms with Gasteiger partial charge in [0, 0.05) is 17.4 Å². The van der Waals surface area contributed by atoms with Gasteiger partial charge in [0.2, 0.25) is 5.88 Å². The van der Waals surface area contributed by atoms with Crippen LogP contribution in [0.4, 0.5) is 0 Å². The molecule has 3 heterocycles. The molecule has 5 nitrogen and oxygen atoms in total. The Labute approximate surface area is 136 Å². The van der Waals surface area contributed by atoms with Gasteiger partial charge in [-0.2, -0.15) is 0 Å². The zero-order chi connectivity index (χ0) is 15.8. The molecule has 0 saturated carbocycles. The van der Waals surface area contributed by atoms with Gasteiger partial charge in [-0.1, -0.05) is 24.8 Å². The molecule has 1 aliphatic rings. The van der Waals surface area contributed by atoms with Gasteiger partial charge >= 0.3 is 0 Å². The number of hydrogen-bond acceptors (Lipinski definition) is 6. The number of aliphatic hydroxyl groups excluding tert-OH is 1. The predicted molar refractivity (Wildman–Crippen MR) is 87.5 cm³/mol. The number of aromatic nitrogens is 2. The average Bonchev–Trinajstić information content (AvgIpc) is 3.13. The van der Waals surface area contributed by atoms with Crippen LogP contribution in [0.5, 0.6) is 11.6 Å². The number of hydrogen-bond donors (Lipinski definition) is 1. The smallest absolute Gasteiger partial charge is 0.240 e. The number of thiophene rings is 1. The van der Waals surface area contributed by atoms with Crippen molar-refractivity contribution in [2.75, 3.05) is 0 Å². The van der Waals surface area contributed by atoms with Gasteiger partial charge in [0.1, 0.15) is 34.7 Å². The van der Waals surface area contributed by atoms with E-state index >= 15 is 0 Å². The molecule has 1 aliphatic heterocycles. The van der Waals surface area contributed by atoms with E-state index in [0.717, 1.165) is 21.5 Å². The Balaban J connectivity index is 1.71. The van der Waals surface area contributed by atoms with Crippen LogP contribution in [0.25, 0.3) is 10.2 Å². The van der Waals surface area contributed by atoms with Crippen LogP contribution in [0.15, 0.2) is 54.4 Å². The minimum atomic E-state index is -0.628. The van der Waals surface area contributed by atoms with Gasteiger partial charge in [-0.15, -0.1) is 11.3 Å². The normalized spacial score (nSPS) is 20.7. The van der Waals surface area contributed by atoms with Crippen molar-refractivity contribution in [1.82, 2.24) is 9.97 Å². The number of ether oxygens (including phenoxy) is 2. The first-order valence-corrected chi connectivity index (χ1v) is 8.09. The lowest BCUT2D eigenvalue weighted by atomic mass is 10.1. The number of fused-ring (bicyclic) bond motifs is 1. The van der Waals surface area contributed by atoms with E-state index in [0.29, 0.717) is 18.1 Å². The van der Waals surface area contributed by atoms with Gasteiger partial charge in [-0.25, -0.2) is 9.97 Å². The van der Waals surface area contributed by atoms with Crippen LogP contribution in [0, 0.1) is 0 Å². The molecule has 0 spiro atoms. The summed E-state index contributed by atoms with van der Waals surface area (Å²) in [6.45, 7) is 3.72. The first-order valence-electron chi connectivity index (χ1n) is 7.21. The molecule has 1 saturated heterocycles. The van der Waals surface area contributed by atoms with Crippen LogP contribution in [0.3, 0.4) is 0 Å². The molecule has 2 aromatic heterocycles. The van der Waals surface area contributed by atoms with Crippen molar-refractivity contribution in [3.63, 3.8) is 0 Å². The van der Waals surface area contributed by atoms with Crippen LogP contribution < -0.4 is 4.74 Å². The second-order valence-corrected chi connectivity index (χ2v) is 6.17.